The molecule has 0 aromatic heterocycles. The van der Waals surface area contributed by atoms with Crippen LogP contribution < -0.4 is 10.2 Å². The Morgan fingerprint density at radius 3 is 1.00 bits per heavy atom. The van der Waals surface area contributed by atoms with Crippen LogP contribution in [-0.4, -0.2) is 11.9 Å². The van der Waals surface area contributed by atoms with Crippen LogP contribution in [0.3, 0.4) is 0 Å². The molecule has 0 N–H and O–H groups in total. The molecule has 0 amide bonds. The quantitative estimate of drug-likeness (QED) is 0.535. The van der Waals surface area contributed by atoms with Gasteiger partial charge in [-0.25, -0.2) is 0 Å². The maximum absolute atomic E-state index is 9.93. The van der Waals surface area contributed by atoms with E-state index in [9.17, 15) is 19.8 Å². The fourth-order valence-electron chi connectivity index (χ4n) is 0.471. The van der Waals surface area contributed by atoms with E-state index >= 15 is 0 Å². The van der Waals surface area contributed by atoms with Gasteiger partial charge in [0.1, 0.15) is 0 Å². The van der Waals surface area contributed by atoms with Gasteiger partial charge in [0.25, 0.3) is 0 Å². The summed E-state index contributed by atoms with van der Waals surface area (Å²) in [5.74, 6) is -2.33. The third kappa shape index (κ3) is 11.3. The summed E-state index contributed by atoms with van der Waals surface area (Å²) in [6, 6.07) is 0. The molecule has 0 atom stereocenters. The Hall–Kier alpha value is -0.957. The predicted octanol–water partition coefficient (Wildman–Crippen LogP) is -0.106. The molecule has 0 spiro atoms. The van der Waals surface area contributed by atoms with E-state index in [0.717, 1.165) is 0 Å². The van der Waals surface area contributed by atoms with Gasteiger partial charge in [0.05, 0.1) is 11.9 Å². The van der Waals surface area contributed by atoms with E-state index in [1.807, 2.05) is 0 Å². The van der Waals surface area contributed by atoms with Crippen molar-refractivity contribution in [1.29, 1.82) is 0 Å². The number of hydrogen-bond acceptors (Lipinski definition) is 4. The van der Waals surface area contributed by atoms with Gasteiger partial charge < -0.3 is 19.8 Å². The van der Waals surface area contributed by atoms with Gasteiger partial charge in [-0.15, -0.1) is 0 Å². The summed E-state index contributed by atoms with van der Waals surface area (Å²) in [6.07, 6.45) is 0. The molecule has 0 aromatic rings. The average molecular weight is 292 g/mol. The van der Waals surface area contributed by atoms with Crippen LogP contribution in [0.4, 0.5) is 0 Å². The van der Waals surface area contributed by atoms with Crippen molar-refractivity contribution in [1.82, 2.24) is 0 Å². The monoisotopic (exact) mass is 290 g/mol. The Labute approximate surface area is 115 Å². The van der Waals surface area contributed by atoms with Crippen LogP contribution in [0.2, 0.25) is 0 Å². The van der Waals surface area contributed by atoms with E-state index in [-0.39, 0.29) is 42.5 Å². The number of hydrogen-bond donors (Lipinski definition) is 0. The van der Waals surface area contributed by atoms with Crippen molar-refractivity contribution in [2.24, 2.45) is 11.8 Å². The Balaban J connectivity index is -0.000000218. The van der Waals surface area contributed by atoms with Gasteiger partial charge >= 0.3 is 19.5 Å². The van der Waals surface area contributed by atoms with Gasteiger partial charge in [-0.1, -0.05) is 40.9 Å². The summed E-state index contributed by atoms with van der Waals surface area (Å²) in [7, 11) is 0. The van der Waals surface area contributed by atoms with E-state index in [1.54, 1.807) is 27.7 Å². The van der Waals surface area contributed by atoms with Crippen molar-refractivity contribution in [2.75, 3.05) is 0 Å². The first-order chi connectivity index (χ1) is 7.11. The minimum Gasteiger partial charge on any atom is -0.545 e. The maximum atomic E-state index is 9.93. The molecule has 0 aliphatic rings. The van der Waals surface area contributed by atoms with Crippen molar-refractivity contribution < 1.29 is 39.3 Å². The molecule has 0 heterocycles. The molecule has 0 aromatic carbocycles. The molecule has 4 nitrogen and oxygen atoms in total. The SMILES string of the molecule is C=C(C(=O)[O-])C(C)C.C=C(C(=O)[O-])C(C)C.[Zn+2]. The molecule has 0 unspecified atom stereocenters. The van der Waals surface area contributed by atoms with E-state index < -0.39 is 11.9 Å². The van der Waals surface area contributed by atoms with Crippen LogP contribution in [-0.2, 0) is 29.1 Å². The van der Waals surface area contributed by atoms with Crippen LogP contribution in [0.5, 0.6) is 0 Å². The normalized spacial score (nSPS) is 8.82. The molecular weight excluding hydrogens is 274 g/mol. The minimum atomic E-state index is -1.15. The summed E-state index contributed by atoms with van der Waals surface area (Å²) in [5, 5.41) is 19.9. The Bertz CT molecular complexity index is 263. The standard InChI is InChI=1S/2C6H10O2.Zn/c2*1-4(2)5(3)6(7)8;/h2*4H,3H2,1-2H3,(H,7,8);/q;;+2/p-2. The molecule has 0 aliphatic heterocycles. The van der Waals surface area contributed by atoms with Crippen LogP contribution in [0, 0.1) is 11.8 Å². The van der Waals surface area contributed by atoms with E-state index in [2.05, 4.69) is 13.2 Å². The third-order valence-electron chi connectivity index (χ3n) is 1.92. The second-order valence-electron chi connectivity index (χ2n) is 3.93. The smallest absolute Gasteiger partial charge is 0.545 e. The Morgan fingerprint density at radius 2 is 1.00 bits per heavy atom. The molecule has 0 rings (SSSR count). The molecular formula is C12H18O4Zn. The minimum absolute atomic E-state index is 0. The van der Waals surface area contributed by atoms with Crippen molar-refractivity contribution in [3.63, 3.8) is 0 Å². The summed E-state index contributed by atoms with van der Waals surface area (Å²) < 4.78 is 0. The molecule has 17 heavy (non-hydrogen) atoms. The van der Waals surface area contributed by atoms with E-state index in [1.165, 1.54) is 0 Å². The maximum Gasteiger partial charge on any atom is 2.00 e. The van der Waals surface area contributed by atoms with Gasteiger partial charge in [-0.3, -0.25) is 0 Å². The molecule has 0 bridgehead atoms. The molecule has 0 fully saturated rings. The molecule has 0 saturated heterocycles. The van der Waals surface area contributed by atoms with Gasteiger partial charge in [0, 0.05) is 0 Å². The predicted molar refractivity (Wildman–Crippen MR) is 58.0 cm³/mol. The molecule has 0 saturated carbocycles. The molecule has 92 valence electrons. The fraction of sp³-hybridized carbons (Fsp3) is 0.500. The summed E-state index contributed by atoms with van der Waals surface area (Å²) in [5.41, 5.74) is 0.315. The number of aliphatic carboxylic acids is 2. The van der Waals surface area contributed by atoms with Gasteiger partial charge in [0.2, 0.25) is 0 Å². The second-order valence-corrected chi connectivity index (χ2v) is 3.93. The molecule has 5 heteroatoms. The number of carbonyl (C=O) groups is 2. The first-order valence-electron chi connectivity index (χ1n) is 4.91. The Morgan fingerprint density at radius 1 is 0.824 bits per heavy atom. The van der Waals surface area contributed by atoms with Crippen LogP contribution in [0.25, 0.3) is 0 Å². The second kappa shape index (κ2) is 10.2. The first kappa shape index (κ1) is 21.3. The largest absolute Gasteiger partial charge is 2.00 e. The Kier molecular flexibility index (Phi) is 12.8. The topological polar surface area (TPSA) is 80.3 Å². The van der Waals surface area contributed by atoms with Gasteiger partial charge in [-0.05, 0) is 23.0 Å². The third-order valence-corrected chi connectivity index (χ3v) is 1.92. The van der Waals surface area contributed by atoms with Gasteiger partial charge in [0.15, 0.2) is 0 Å². The van der Waals surface area contributed by atoms with E-state index in [4.69, 9.17) is 0 Å². The van der Waals surface area contributed by atoms with Gasteiger partial charge in [-0.2, -0.15) is 0 Å². The zero-order chi connectivity index (χ0) is 13.5. The van der Waals surface area contributed by atoms with Crippen molar-refractivity contribution in [2.45, 2.75) is 27.7 Å². The summed E-state index contributed by atoms with van der Waals surface area (Å²) in [4.78, 5) is 19.9. The zero-order valence-electron chi connectivity index (χ0n) is 10.9. The molecule has 0 radical (unpaired) electrons. The molecule has 0 aliphatic carbocycles. The van der Waals surface area contributed by atoms with E-state index in [0.29, 0.717) is 0 Å². The van der Waals surface area contributed by atoms with Crippen LogP contribution in [0.15, 0.2) is 24.3 Å². The zero-order valence-corrected chi connectivity index (χ0v) is 13.9. The summed E-state index contributed by atoms with van der Waals surface area (Å²) >= 11 is 0. The summed E-state index contributed by atoms with van der Waals surface area (Å²) in [6.45, 7) is 13.6. The number of carboxylic acids is 2. The van der Waals surface area contributed by atoms with Crippen molar-refractivity contribution >= 4 is 11.9 Å². The average Bonchev–Trinajstić information content (AvgIpc) is 2.15. The van der Waals surface area contributed by atoms with Crippen LogP contribution in [0.1, 0.15) is 27.7 Å². The van der Waals surface area contributed by atoms with Crippen molar-refractivity contribution in [3.05, 3.63) is 24.3 Å². The fourth-order valence-corrected chi connectivity index (χ4v) is 0.471. The first-order valence-corrected chi connectivity index (χ1v) is 4.91. The number of carboxylic acid groups (broad SMARTS) is 2. The van der Waals surface area contributed by atoms with Crippen LogP contribution >= 0.6 is 0 Å². The number of rotatable bonds is 4. The van der Waals surface area contributed by atoms with Crippen molar-refractivity contribution in [3.8, 4) is 0 Å². The number of carbonyl (C=O) groups excluding carboxylic acids is 2.